The van der Waals surface area contributed by atoms with Gasteiger partial charge in [-0.05, 0) is 39.7 Å². The molecular weight excluding hydrogens is 376 g/mol. The lowest BCUT2D eigenvalue weighted by molar-refractivity contribution is -0.165. The molecule has 0 bridgehead atoms. The number of ether oxygens (including phenoxy) is 2. The van der Waals surface area contributed by atoms with Crippen molar-refractivity contribution in [1.82, 2.24) is 9.71 Å². The van der Waals surface area contributed by atoms with Gasteiger partial charge in [-0.15, -0.1) is 0 Å². The van der Waals surface area contributed by atoms with Crippen LogP contribution >= 0.6 is 0 Å². The lowest BCUT2D eigenvalue weighted by Gasteiger charge is -2.38. The molecular formula is C21H34N2O6. The average molecular weight is 411 g/mol. The molecule has 2 fully saturated rings. The molecule has 0 aliphatic carbocycles. The van der Waals surface area contributed by atoms with Crippen molar-refractivity contribution in [1.29, 1.82) is 0 Å². The molecule has 0 aromatic carbocycles. The molecule has 0 spiro atoms. The van der Waals surface area contributed by atoms with E-state index in [1.54, 1.807) is 25.0 Å². The van der Waals surface area contributed by atoms with Crippen LogP contribution < -0.4 is 4.84 Å². The van der Waals surface area contributed by atoms with Crippen LogP contribution in [0.4, 0.5) is 0 Å². The van der Waals surface area contributed by atoms with Crippen LogP contribution in [0.3, 0.4) is 0 Å². The zero-order chi connectivity index (χ0) is 21.3. The van der Waals surface area contributed by atoms with Crippen LogP contribution in [0.1, 0.15) is 45.1 Å². The monoisotopic (exact) mass is 410 g/mol. The molecule has 8 atom stereocenters. The third-order valence-corrected chi connectivity index (χ3v) is 6.17. The zero-order valence-electron chi connectivity index (χ0n) is 17.9. The van der Waals surface area contributed by atoms with E-state index in [1.807, 2.05) is 26.8 Å². The Bertz CT molecular complexity index is 718. The predicted octanol–water partition coefficient (Wildman–Crippen LogP) is 0.955. The highest BCUT2D eigenvalue weighted by atomic mass is 16.6. The minimum atomic E-state index is -0.965. The van der Waals surface area contributed by atoms with Crippen LogP contribution in [0.2, 0.25) is 0 Å². The quantitative estimate of drug-likeness (QED) is 0.548. The van der Waals surface area contributed by atoms with E-state index in [2.05, 4.69) is 4.98 Å². The Morgan fingerprint density at radius 2 is 2.07 bits per heavy atom. The number of nitrogens with zero attached hydrogens (tertiary/aromatic N) is 2. The molecule has 0 amide bonds. The highest BCUT2D eigenvalue weighted by Crippen LogP contribution is 2.38. The molecule has 1 aromatic rings. The number of imidazole rings is 1. The summed E-state index contributed by atoms with van der Waals surface area (Å²) in [6.45, 7) is 7.94. The van der Waals surface area contributed by atoms with Gasteiger partial charge in [-0.2, -0.15) is 4.73 Å². The van der Waals surface area contributed by atoms with Crippen molar-refractivity contribution in [2.75, 3.05) is 13.7 Å². The van der Waals surface area contributed by atoms with Crippen molar-refractivity contribution in [3.63, 3.8) is 0 Å². The average Bonchev–Trinajstić information content (AvgIpc) is 3.35. The van der Waals surface area contributed by atoms with Gasteiger partial charge in [-0.25, -0.2) is 4.98 Å². The maximum atomic E-state index is 10.6. The molecule has 8 heteroatoms. The van der Waals surface area contributed by atoms with Gasteiger partial charge in [-0.1, -0.05) is 12.5 Å². The number of epoxide rings is 1. The van der Waals surface area contributed by atoms with Crippen molar-refractivity contribution in [3.8, 4) is 0 Å². The number of hydrogen-bond donors (Lipinski definition) is 3. The maximum Gasteiger partial charge on any atom is 0.168 e. The van der Waals surface area contributed by atoms with Crippen LogP contribution in [-0.2, 0) is 9.47 Å². The Morgan fingerprint density at radius 3 is 2.72 bits per heavy atom. The van der Waals surface area contributed by atoms with E-state index >= 15 is 0 Å². The van der Waals surface area contributed by atoms with E-state index < -0.39 is 24.4 Å². The number of rotatable bonds is 8. The molecule has 8 nitrogen and oxygen atoms in total. The Labute approximate surface area is 172 Å². The largest absolute Gasteiger partial charge is 0.415 e. The van der Waals surface area contributed by atoms with Crippen LogP contribution in [0.15, 0.2) is 11.8 Å². The first-order valence-corrected chi connectivity index (χ1v) is 10.3. The highest BCUT2D eigenvalue weighted by Gasteiger charge is 2.48. The van der Waals surface area contributed by atoms with E-state index in [-0.39, 0.29) is 24.0 Å². The Balaban J connectivity index is 1.54. The maximum absolute atomic E-state index is 10.6. The van der Waals surface area contributed by atoms with Gasteiger partial charge in [0.1, 0.15) is 13.2 Å². The summed E-state index contributed by atoms with van der Waals surface area (Å²) < 4.78 is 13.2. The number of hydrogen-bond acceptors (Lipinski definition) is 7. The van der Waals surface area contributed by atoms with Crippen LogP contribution in [0, 0.1) is 18.8 Å². The Kier molecular flexibility index (Phi) is 7.01. The van der Waals surface area contributed by atoms with E-state index in [4.69, 9.17) is 14.3 Å². The third-order valence-electron chi connectivity index (χ3n) is 6.17. The van der Waals surface area contributed by atoms with Crippen LogP contribution in [-0.4, -0.2) is 75.4 Å². The minimum absolute atomic E-state index is 0.00405. The molecule has 2 aliphatic heterocycles. The number of aliphatic hydroxyl groups is 3. The summed E-state index contributed by atoms with van der Waals surface area (Å²) in [6, 6.07) is 0. The molecule has 2 aliphatic rings. The van der Waals surface area contributed by atoms with Gasteiger partial charge < -0.3 is 29.6 Å². The number of aliphatic hydroxyl groups excluding tert-OH is 3. The van der Waals surface area contributed by atoms with Gasteiger partial charge in [-0.3, -0.25) is 0 Å². The van der Waals surface area contributed by atoms with Crippen LogP contribution in [0.5, 0.6) is 0 Å². The predicted molar refractivity (Wildman–Crippen MR) is 107 cm³/mol. The van der Waals surface area contributed by atoms with Gasteiger partial charge in [0.05, 0.1) is 49.0 Å². The SMILES string of the molecule is COn1c(C)cnc1/C=C(\C)C[C@@H]1OC[C@H](C[C@@H]2O[C@H]2[C@@H](C)[C@H](C)O)[C@@H](O)[C@H]1O. The first-order valence-electron chi connectivity index (χ1n) is 10.3. The Morgan fingerprint density at radius 1 is 1.34 bits per heavy atom. The van der Waals surface area contributed by atoms with Gasteiger partial charge in [0.2, 0.25) is 0 Å². The minimum Gasteiger partial charge on any atom is -0.415 e. The fraction of sp³-hybridized carbons (Fsp3) is 0.762. The second-order valence-corrected chi connectivity index (χ2v) is 8.52. The van der Waals surface area contributed by atoms with E-state index in [9.17, 15) is 15.3 Å². The summed E-state index contributed by atoms with van der Waals surface area (Å²) in [5, 5.41) is 30.9. The summed E-state index contributed by atoms with van der Waals surface area (Å²) in [4.78, 5) is 9.62. The molecule has 3 N–H and O–H groups in total. The van der Waals surface area contributed by atoms with Crippen molar-refractivity contribution in [2.24, 2.45) is 11.8 Å². The zero-order valence-corrected chi connectivity index (χ0v) is 17.9. The summed E-state index contributed by atoms with van der Waals surface area (Å²) in [7, 11) is 1.59. The van der Waals surface area contributed by atoms with E-state index in [1.165, 1.54) is 0 Å². The van der Waals surface area contributed by atoms with E-state index in [0.717, 1.165) is 11.3 Å². The molecule has 29 heavy (non-hydrogen) atoms. The topological polar surface area (TPSA) is 110 Å². The lowest BCUT2D eigenvalue weighted by atomic mass is 9.85. The van der Waals surface area contributed by atoms with E-state index in [0.29, 0.717) is 25.3 Å². The first kappa shape index (κ1) is 22.2. The fourth-order valence-electron chi connectivity index (χ4n) is 4.09. The smallest absolute Gasteiger partial charge is 0.168 e. The second kappa shape index (κ2) is 9.14. The highest BCUT2D eigenvalue weighted by molar-refractivity contribution is 5.45. The first-order chi connectivity index (χ1) is 13.7. The standard InChI is InChI=1S/C21H34N2O6/c1-11(7-18-22-9-12(2)23(18)27-5)6-16-20(26)19(25)15(10-28-16)8-17-21(29-17)13(3)14(4)24/h7,9,13-17,19-21,24-26H,6,8,10H2,1-5H3/b11-7+/t13-,14-,15-,16-,17-,19+,20-,21-/m0/s1. The van der Waals surface area contributed by atoms with Gasteiger partial charge in [0.15, 0.2) is 5.82 Å². The summed E-state index contributed by atoms with van der Waals surface area (Å²) in [5.74, 6) is 0.544. The van der Waals surface area contributed by atoms with Crippen molar-refractivity contribution < 1.29 is 29.6 Å². The number of aromatic nitrogens is 2. The molecule has 164 valence electrons. The fourth-order valence-corrected chi connectivity index (χ4v) is 4.09. The van der Waals surface area contributed by atoms with Gasteiger partial charge in [0, 0.05) is 11.8 Å². The summed E-state index contributed by atoms with van der Waals surface area (Å²) in [6.07, 6.45) is 2.01. The third kappa shape index (κ3) is 5.00. The van der Waals surface area contributed by atoms with Crippen molar-refractivity contribution >= 4 is 6.08 Å². The molecule has 3 heterocycles. The summed E-state index contributed by atoms with van der Waals surface area (Å²) >= 11 is 0. The molecule has 1 aromatic heterocycles. The molecule has 0 radical (unpaired) electrons. The Hall–Kier alpha value is -1.45. The molecule has 0 unspecified atom stereocenters. The van der Waals surface area contributed by atoms with Crippen molar-refractivity contribution in [3.05, 3.63) is 23.3 Å². The van der Waals surface area contributed by atoms with Gasteiger partial charge in [0.25, 0.3) is 0 Å². The molecule has 2 saturated heterocycles. The number of aryl methyl sites for hydroxylation is 1. The summed E-state index contributed by atoms with van der Waals surface area (Å²) in [5.41, 5.74) is 1.87. The van der Waals surface area contributed by atoms with Gasteiger partial charge >= 0.3 is 0 Å². The lowest BCUT2D eigenvalue weighted by Crippen LogP contribution is -2.50. The molecule has 0 saturated carbocycles. The second-order valence-electron chi connectivity index (χ2n) is 8.52. The van der Waals surface area contributed by atoms with Crippen molar-refractivity contribution in [2.45, 2.75) is 77.2 Å². The van der Waals surface area contributed by atoms with Crippen LogP contribution in [0.25, 0.3) is 6.08 Å². The normalized spacial score (nSPS) is 34.7. The molecule has 3 rings (SSSR count).